The maximum absolute atomic E-state index is 12.7. The number of rotatable bonds is 5. The first-order valence-electron chi connectivity index (χ1n) is 11.7. The van der Waals surface area contributed by atoms with Crippen LogP contribution in [-0.2, 0) is 4.79 Å². The molecule has 1 saturated heterocycles. The lowest BCUT2D eigenvalue weighted by atomic mass is 10.1. The fourth-order valence-corrected chi connectivity index (χ4v) is 4.96. The zero-order chi connectivity index (χ0) is 22.1. The number of carbonyl (C=O) groups excluding carboxylic acids is 1. The van der Waals surface area contributed by atoms with Crippen LogP contribution in [0.25, 0.3) is 0 Å². The fourth-order valence-electron chi connectivity index (χ4n) is 4.96. The molecular weight excluding hydrogens is 404 g/mol. The van der Waals surface area contributed by atoms with E-state index in [1.807, 2.05) is 19.2 Å². The van der Waals surface area contributed by atoms with Crippen LogP contribution in [0.4, 0.5) is 29.0 Å². The van der Waals surface area contributed by atoms with Gasteiger partial charge >= 0.3 is 0 Å². The van der Waals surface area contributed by atoms with Crippen LogP contribution < -0.4 is 20.0 Å². The molecule has 0 bridgehead atoms. The maximum Gasteiger partial charge on any atom is 0.246 e. The molecule has 1 aliphatic carbocycles. The average Bonchev–Trinajstić information content (AvgIpc) is 3.35. The quantitative estimate of drug-likeness (QED) is 0.766. The number of likely N-dealkylation sites (N-methyl/N-ethyl adjacent to an activating group) is 2. The van der Waals surface area contributed by atoms with Crippen LogP contribution in [0.5, 0.6) is 0 Å². The number of aromatic nitrogens is 3. The van der Waals surface area contributed by atoms with Crippen molar-refractivity contribution in [3.63, 3.8) is 0 Å². The molecule has 170 valence electrons. The number of nitrogens with zero attached hydrogens (tertiary/aromatic N) is 7. The predicted octanol–water partition coefficient (Wildman–Crippen LogP) is 2.48. The van der Waals surface area contributed by atoms with Gasteiger partial charge in [-0.1, -0.05) is 12.8 Å². The first-order chi connectivity index (χ1) is 15.6. The average molecular weight is 437 g/mol. The Morgan fingerprint density at radius 2 is 1.84 bits per heavy atom. The van der Waals surface area contributed by atoms with E-state index in [-0.39, 0.29) is 5.91 Å². The van der Waals surface area contributed by atoms with Crippen molar-refractivity contribution < 1.29 is 4.79 Å². The van der Waals surface area contributed by atoms with E-state index in [0.29, 0.717) is 25.1 Å². The number of anilines is 5. The number of fused-ring (bicyclic) bond motifs is 1. The molecule has 2 fully saturated rings. The predicted molar refractivity (Wildman–Crippen MR) is 127 cm³/mol. The molecule has 2 aromatic rings. The third-order valence-corrected chi connectivity index (χ3v) is 6.86. The minimum Gasteiger partial charge on any atom is -0.368 e. The summed E-state index contributed by atoms with van der Waals surface area (Å²) >= 11 is 0. The molecular formula is C23H32N8O. The number of nitrogens with one attached hydrogen (secondary N) is 1. The first kappa shape index (κ1) is 20.9. The van der Waals surface area contributed by atoms with Crippen LogP contribution in [0.3, 0.4) is 0 Å². The summed E-state index contributed by atoms with van der Waals surface area (Å²) in [5, 5.41) is 3.26. The fraction of sp³-hybridized carbons (Fsp3) is 0.565. The second-order valence-electron chi connectivity index (χ2n) is 8.92. The molecule has 0 unspecified atom stereocenters. The van der Waals surface area contributed by atoms with E-state index >= 15 is 0 Å². The Kier molecular flexibility index (Phi) is 5.82. The highest BCUT2D eigenvalue weighted by Crippen LogP contribution is 2.37. The third-order valence-electron chi connectivity index (χ3n) is 6.86. The number of amides is 1. The van der Waals surface area contributed by atoms with E-state index < -0.39 is 0 Å². The SMILES string of the molecule is CCN1C(=O)CN(C2CCCC2)c2nc(Nc3ccc(N4CCN(C)CC4)cn3)ncc21. The van der Waals surface area contributed by atoms with Gasteiger partial charge in [0.2, 0.25) is 11.9 Å². The van der Waals surface area contributed by atoms with E-state index in [9.17, 15) is 4.79 Å². The van der Waals surface area contributed by atoms with Gasteiger partial charge in [-0.05, 0) is 38.9 Å². The number of hydrogen-bond donors (Lipinski definition) is 1. The lowest BCUT2D eigenvalue weighted by Gasteiger charge is -2.38. The standard InChI is InChI=1S/C23H32N8O/c1-3-30-19-15-25-23(27-22(19)31(16-21(30)32)17-6-4-5-7-17)26-20-9-8-18(14-24-20)29-12-10-28(2)11-13-29/h8-9,14-15,17H,3-7,10-13,16H2,1-2H3,(H,24,25,26,27). The van der Waals surface area contributed by atoms with Crippen LogP contribution in [0.2, 0.25) is 0 Å². The maximum atomic E-state index is 12.7. The van der Waals surface area contributed by atoms with Crippen LogP contribution in [-0.4, -0.2) is 78.1 Å². The minimum atomic E-state index is 0.123. The van der Waals surface area contributed by atoms with Crippen molar-refractivity contribution in [2.24, 2.45) is 0 Å². The van der Waals surface area contributed by atoms with Crippen molar-refractivity contribution >= 4 is 34.9 Å². The first-order valence-corrected chi connectivity index (χ1v) is 11.7. The van der Waals surface area contributed by atoms with Crippen LogP contribution in [0.15, 0.2) is 24.5 Å². The monoisotopic (exact) mass is 436 g/mol. The van der Waals surface area contributed by atoms with E-state index in [1.165, 1.54) is 12.8 Å². The Morgan fingerprint density at radius 3 is 2.53 bits per heavy atom. The normalized spacial score (nSPS) is 20.1. The third kappa shape index (κ3) is 4.09. The van der Waals surface area contributed by atoms with Crippen molar-refractivity contribution in [2.45, 2.75) is 38.6 Å². The van der Waals surface area contributed by atoms with E-state index in [2.05, 4.69) is 43.1 Å². The summed E-state index contributed by atoms with van der Waals surface area (Å²) < 4.78 is 0. The molecule has 2 aromatic heterocycles. The smallest absolute Gasteiger partial charge is 0.246 e. The summed E-state index contributed by atoms with van der Waals surface area (Å²) in [6.45, 7) is 7.17. The molecule has 9 heteroatoms. The summed E-state index contributed by atoms with van der Waals surface area (Å²) in [4.78, 5) is 35.3. The molecule has 1 N–H and O–H groups in total. The Labute approximate surface area is 189 Å². The van der Waals surface area contributed by atoms with Gasteiger partial charge in [-0.3, -0.25) is 4.79 Å². The van der Waals surface area contributed by atoms with Crippen molar-refractivity contribution in [3.8, 4) is 0 Å². The van der Waals surface area contributed by atoms with E-state index in [0.717, 1.165) is 62.0 Å². The number of piperazine rings is 1. The summed E-state index contributed by atoms with van der Waals surface area (Å²) in [7, 11) is 2.16. The Balaban J connectivity index is 1.36. The van der Waals surface area contributed by atoms with Crippen molar-refractivity contribution in [1.29, 1.82) is 0 Å². The largest absolute Gasteiger partial charge is 0.368 e. The topological polar surface area (TPSA) is 80.7 Å². The molecule has 0 radical (unpaired) electrons. The molecule has 0 atom stereocenters. The van der Waals surface area contributed by atoms with Gasteiger partial charge in [-0.15, -0.1) is 0 Å². The van der Waals surface area contributed by atoms with Gasteiger partial charge in [0.05, 0.1) is 24.6 Å². The second-order valence-corrected chi connectivity index (χ2v) is 8.92. The van der Waals surface area contributed by atoms with Crippen molar-refractivity contribution in [1.82, 2.24) is 19.9 Å². The molecule has 32 heavy (non-hydrogen) atoms. The molecule has 5 rings (SSSR count). The van der Waals surface area contributed by atoms with Gasteiger partial charge in [0, 0.05) is 38.8 Å². The summed E-state index contributed by atoms with van der Waals surface area (Å²) in [6, 6.07) is 4.45. The molecule has 0 aromatic carbocycles. The highest BCUT2D eigenvalue weighted by atomic mass is 16.2. The number of hydrogen-bond acceptors (Lipinski definition) is 8. The van der Waals surface area contributed by atoms with Gasteiger partial charge < -0.3 is 24.9 Å². The van der Waals surface area contributed by atoms with Crippen molar-refractivity contribution in [2.75, 3.05) is 66.3 Å². The zero-order valence-corrected chi connectivity index (χ0v) is 19.0. The molecule has 2 aliphatic heterocycles. The summed E-state index contributed by atoms with van der Waals surface area (Å²) in [5.41, 5.74) is 1.94. The number of pyridine rings is 1. The number of carbonyl (C=O) groups is 1. The molecule has 9 nitrogen and oxygen atoms in total. The Hall–Kier alpha value is -2.94. The van der Waals surface area contributed by atoms with Crippen LogP contribution in [0, 0.1) is 0 Å². The van der Waals surface area contributed by atoms with Gasteiger partial charge in [0.15, 0.2) is 5.82 Å². The van der Waals surface area contributed by atoms with Gasteiger partial charge in [-0.25, -0.2) is 9.97 Å². The van der Waals surface area contributed by atoms with Crippen LogP contribution in [0.1, 0.15) is 32.6 Å². The summed E-state index contributed by atoms with van der Waals surface area (Å²) in [6.07, 6.45) is 8.33. The molecule has 1 saturated carbocycles. The van der Waals surface area contributed by atoms with Crippen molar-refractivity contribution in [3.05, 3.63) is 24.5 Å². The van der Waals surface area contributed by atoms with E-state index in [1.54, 1.807) is 11.1 Å². The molecule has 1 amide bonds. The van der Waals surface area contributed by atoms with Gasteiger partial charge in [0.25, 0.3) is 0 Å². The van der Waals surface area contributed by atoms with Gasteiger partial charge in [0.1, 0.15) is 11.5 Å². The Morgan fingerprint density at radius 1 is 1.06 bits per heavy atom. The second kappa shape index (κ2) is 8.90. The van der Waals surface area contributed by atoms with Crippen LogP contribution >= 0.6 is 0 Å². The molecule has 3 aliphatic rings. The zero-order valence-electron chi connectivity index (χ0n) is 19.0. The van der Waals surface area contributed by atoms with E-state index in [4.69, 9.17) is 4.98 Å². The minimum absolute atomic E-state index is 0.123. The Bertz CT molecular complexity index is 951. The van der Waals surface area contributed by atoms with Gasteiger partial charge in [-0.2, -0.15) is 4.98 Å². The molecule has 4 heterocycles. The highest BCUT2D eigenvalue weighted by molar-refractivity contribution is 6.02. The lowest BCUT2D eigenvalue weighted by Crippen LogP contribution is -2.49. The highest BCUT2D eigenvalue weighted by Gasteiger charge is 2.35. The molecule has 0 spiro atoms. The lowest BCUT2D eigenvalue weighted by molar-refractivity contribution is -0.117. The summed E-state index contributed by atoms with van der Waals surface area (Å²) in [5.74, 6) is 2.20.